The Morgan fingerprint density at radius 2 is 1.85 bits per heavy atom. The summed E-state index contributed by atoms with van der Waals surface area (Å²) in [6.07, 6.45) is 5.13. The van der Waals surface area contributed by atoms with Gasteiger partial charge in [0.25, 0.3) is 0 Å². The molecule has 0 amide bonds. The summed E-state index contributed by atoms with van der Waals surface area (Å²) in [6.45, 7) is 4.05. The lowest BCUT2D eigenvalue weighted by atomic mass is 10.2. The first-order valence-corrected chi connectivity index (χ1v) is 8.77. The van der Waals surface area contributed by atoms with Crippen molar-refractivity contribution in [3.05, 3.63) is 41.3 Å². The molecule has 2 N–H and O–H groups in total. The van der Waals surface area contributed by atoms with E-state index in [0.717, 1.165) is 18.5 Å². The summed E-state index contributed by atoms with van der Waals surface area (Å²) in [5.41, 5.74) is 0.888. The van der Waals surface area contributed by atoms with Gasteiger partial charge in [0.2, 0.25) is 10.0 Å². The Hall–Kier alpha value is -1.17. The standard InChI is InChI=1S/C15H22N2O2S/c18-20(19,14-9-15-7-2-1-3-8-15)16-10-6-13-17-11-4-5-12-17/h1-3,7-9,14,16H,4-6,10-13H2/p+1/b14-9+. The van der Waals surface area contributed by atoms with Gasteiger partial charge in [-0.25, -0.2) is 13.1 Å². The van der Waals surface area contributed by atoms with Gasteiger partial charge >= 0.3 is 0 Å². The van der Waals surface area contributed by atoms with Gasteiger partial charge in [0.15, 0.2) is 0 Å². The zero-order valence-corrected chi connectivity index (χ0v) is 12.5. The number of sulfonamides is 1. The lowest BCUT2D eigenvalue weighted by molar-refractivity contribution is -0.887. The van der Waals surface area contributed by atoms with Crippen LogP contribution < -0.4 is 9.62 Å². The minimum Gasteiger partial charge on any atom is -0.335 e. The Morgan fingerprint density at radius 3 is 2.55 bits per heavy atom. The van der Waals surface area contributed by atoms with Crippen LogP contribution in [0.1, 0.15) is 24.8 Å². The molecule has 20 heavy (non-hydrogen) atoms. The predicted molar refractivity (Wildman–Crippen MR) is 81.8 cm³/mol. The smallest absolute Gasteiger partial charge is 0.233 e. The topological polar surface area (TPSA) is 50.6 Å². The molecule has 0 bridgehead atoms. The van der Waals surface area contributed by atoms with Gasteiger partial charge in [0.1, 0.15) is 0 Å². The molecule has 2 rings (SSSR count). The molecule has 0 aliphatic carbocycles. The van der Waals surface area contributed by atoms with Crippen LogP contribution in [0, 0.1) is 0 Å². The van der Waals surface area contributed by atoms with Gasteiger partial charge in [0, 0.05) is 31.2 Å². The number of rotatable bonds is 7. The van der Waals surface area contributed by atoms with E-state index in [1.807, 2.05) is 30.3 Å². The monoisotopic (exact) mass is 295 g/mol. The van der Waals surface area contributed by atoms with Crippen molar-refractivity contribution in [3.63, 3.8) is 0 Å². The van der Waals surface area contributed by atoms with Crippen LogP contribution in [-0.2, 0) is 10.0 Å². The molecule has 1 fully saturated rings. The van der Waals surface area contributed by atoms with Gasteiger partial charge < -0.3 is 4.90 Å². The number of nitrogens with one attached hydrogen (secondary N) is 2. The van der Waals surface area contributed by atoms with E-state index in [4.69, 9.17) is 0 Å². The van der Waals surface area contributed by atoms with E-state index in [-0.39, 0.29) is 0 Å². The van der Waals surface area contributed by atoms with E-state index in [9.17, 15) is 8.42 Å². The first-order valence-electron chi connectivity index (χ1n) is 7.22. The summed E-state index contributed by atoms with van der Waals surface area (Å²) in [4.78, 5) is 1.60. The first kappa shape index (κ1) is 15.2. The minimum absolute atomic E-state index is 0.519. The average Bonchev–Trinajstić information content (AvgIpc) is 2.96. The molecule has 0 aromatic heterocycles. The summed E-state index contributed by atoms with van der Waals surface area (Å²) < 4.78 is 26.2. The number of quaternary nitrogens is 1. The summed E-state index contributed by atoms with van der Waals surface area (Å²) in [5.74, 6) is 0. The Kier molecular flexibility index (Phi) is 5.76. The van der Waals surface area contributed by atoms with Crippen molar-refractivity contribution in [2.75, 3.05) is 26.2 Å². The van der Waals surface area contributed by atoms with Crippen molar-refractivity contribution >= 4 is 16.1 Å². The van der Waals surface area contributed by atoms with Crippen molar-refractivity contribution < 1.29 is 13.3 Å². The second-order valence-electron chi connectivity index (χ2n) is 5.21. The number of hydrogen-bond acceptors (Lipinski definition) is 2. The molecular formula is C15H23N2O2S+. The summed E-state index contributed by atoms with van der Waals surface area (Å²) in [7, 11) is -3.32. The van der Waals surface area contributed by atoms with Crippen LogP contribution in [0.4, 0.5) is 0 Å². The van der Waals surface area contributed by atoms with Crippen molar-refractivity contribution in [2.45, 2.75) is 19.3 Å². The average molecular weight is 295 g/mol. The molecule has 1 aromatic carbocycles. The zero-order chi connectivity index (χ0) is 14.3. The van der Waals surface area contributed by atoms with Crippen LogP contribution in [0.5, 0.6) is 0 Å². The van der Waals surface area contributed by atoms with Crippen LogP contribution in [0.15, 0.2) is 35.7 Å². The maximum Gasteiger partial charge on any atom is 0.233 e. The SMILES string of the molecule is O=S(=O)(/C=C/c1ccccc1)NCCC[NH+]1CCCC1. The van der Waals surface area contributed by atoms with E-state index in [1.54, 1.807) is 11.0 Å². The molecule has 0 spiro atoms. The van der Waals surface area contributed by atoms with E-state index in [2.05, 4.69) is 4.72 Å². The first-order chi connectivity index (χ1) is 9.66. The van der Waals surface area contributed by atoms with E-state index < -0.39 is 10.0 Å². The van der Waals surface area contributed by atoms with Crippen LogP contribution in [0.3, 0.4) is 0 Å². The fourth-order valence-corrected chi connectivity index (χ4v) is 3.32. The molecule has 1 aliphatic heterocycles. The molecule has 5 heteroatoms. The van der Waals surface area contributed by atoms with Crippen LogP contribution in [0.25, 0.3) is 6.08 Å². The van der Waals surface area contributed by atoms with Crippen LogP contribution >= 0.6 is 0 Å². The van der Waals surface area contributed by atoms with E-state index in [1.165, 1.54) is 31.3 Å². The molecule has 110 valence electrons. The summed E-state index contributed by atoms with van der Waals surface area (Å²) >= 11 is 0. The Morgan fingerprint density at radius 1 is 1.15 bits per heavy atom. The van der Waals surface area contributed by atoms with Crippen molar-refractivity contribution in [2.24, 2.45) is 0 Å². The molecule has 4 nitrogen and oxygen atoms in total. The van der Waals surface area contributed by atoms with Gasteiger partial charge in [-0.3, -0.25) is 0 Å². The van der Waals surface area contributed by atoms with E-state index in [0.29, 0.717) is 6.54 Å². The van der Waals surface area contributed by atoms with Gasteiger partial charge in [0.05, 0.1) is 19.6 Å². The fourth-order valence-electron chi connectivity index (χ4n) is 2.46. The number of benzene rings is 1. The fraction of sp³-hybridized carbons (Fsp3) is 0.467. The third kappa shape index (κ3) is 5.45. The van der Waals surface area contributed by atoms with Gasteiger partial charge in [-0.2, -0.15) is 0 Å². The highest BCUT2D eigenvalue weighted by Crippen LogP contribution is 2.02. The number of likely N-dealkylation sites (tertiary alicyclic amines) is 1. The maximum absolute atomic E-state index is 11.8. The van der Waals surface area contributed by atoms with E-state index >= 15 is 0 Å². The van der Waals surface area contributed by atoms with Crippen molar-refractivity contribution in [3.8, 4) is 0 Å². The molecule has 1 saturated heterocycles. The van der Waals surface area contributed by atoms with Crippen LogP contribution in [0.2, 0.25) is 0 Å². The third-order valence-electron chi connectivity index (χ3n) is 3.56. The Labute approximate surface area is 121 Å². The second kappa shape index (κ2) is 7.57. The highest BCUT2D eigenvalue weighted by atomic mass is 32.2. The van der Waals surface area contributed by atoms with Gasteiger partial charge in [-0.15, -0.1) is 0 Å². The second-order valence-corrected chi connectivity index (χ2v) is 6.86. The normalized spacial score (nSPS) is 17.0. The summed E-state index contributed by atoms with van der Waals surface area (Å²) in [6, 6.07) is 9.44. The highest BCUT2D eigenvalue weighted by Gasteiger charge is 2.14. The van der Waals surface area contributed by atoms with Crippen LogP contribution in [-0.4, -0.2) is 34.6 Å². The molecular weight excluding hydrogens is 272 g/mol. The van der Waals surface area contributed by atoms with Crippen molar-refractivity contribution in [1.82, 2.24) is 4.72 Å². The lowest BCUT2D eigenvalue weighted by Gasteiger charge is -2.11. The van der Waals surface area contributed by atoms with Gasteiger partial charge in [-0.05, 0) is 11.6 Å². The molecule has 1 aromatic rings. The minimum atomic E-state index is -3.32. The molecule has 0 unspecified atom stereocenters. The largest absolute Gasteiger partial charge is 0.335 e. The Balaban J connectivity index is 1.72. The lowest BCUT2D eigenvalue weighted by Crippen LogP contribution is -3.10. The molecule has 1 aliphatic rings. The zero-order valence-electron chi connectivity index (χ0n) is 11.7. The maximum atomic E-state index is 11.8. The quantitative estimate of drug-likeness (QED) is 0.726. The molecule has 0 saturated carbocycles. The highest BCUT2D eigenvalue weighted by molar-refractivity contribution is 7.92. The predicted octanol–water partition coefficient (Wildman–Crippen LogP) is 0.646. The van der Waals surface area contributed by atoms with Gasteiger partial charge in [-0.1, -0.05) is 30.3 Å². The number of hydrogen-bond donors (Lipinski definition) is 2. The molecule has 0 atom stereocenters. The Bertz CT molecular complexity index is 520. The summed E-state index contributed by atoms with van der Waals surface area (Å²) in [5, 5.41) is 1.24. The van der Waals surface area contributed by atoms with Crippen molar-refractivity contribution in [1.29, 1.82) is 0 Å². The molecule has 1 heterocycles. The third-order valence-corrected chi connectivity index (χ3v) is 4.66. The molecule has 0 radical (unpaired) electrons.